The van der Waals surface area contributed by atoms with Crippen molar-refractivity contribution in [2.45, 2.75) is 13.3 Å². The molecule has 1 fully saturated rings. The molecule has 2 aliphatic rings. The number of nitrogens with zero attached hydrogens (tertiary/aromatic N) is 2. The third-order valence-corrected chi connectivity index (χ3v) is 5.64. The molecule has 0 saturated carbocycles. The third kappa shape index (κ3) is 2.85. The number of hydrogen-bond acceptors (Lipinski definition) is 5. The second-order valence-electron chi connectivity index (χ2n) is 6.27. The first-order valence-electron chi connectivity index (χ1n) is 8.79. The van der Waals surface area contributed by atoms with Crippen molar-refractivity contribution in [3.05, 3.63) is 57.9 Å². The minimum atomic E-state index is -0.247. The monoisotopic (exact) mass is 368 g/mol. The maximum Gasteiger partial charge on any atom is 0.282 e. The van der Waals surface area contributed by atoms with Crippen molar-refractivity contribution >= 4 is 34.4 Å². The molecule has 2 aromatic rings. The van der Waals surface area contributed by atoms with Gasteiger partial charge >= 0.3 is 0 Å². The maximum atomic E-state index is 13.2. The quantitative estimate of drug-likeness (QED) is 0.779. The Bertz CT molecular complexity index is 850. The van der Waals surface area contributed by atoms with Crippen LogP contribution in [0, 0.1) is 0 Å². The summed E-state index contributed by atoms with van der Waals surface area (Å²) in [5.41, 5.74) is 2.80. The number of aryl methyl sites for hydroxylation is 1. The van der Waals surface area contributed by atoms with Crippen LogP contribution in [0.4, 0.5) is 5.69 Å². The van der Waals surface area contributed by atoms with Crippen LogP contribution in [-0.2, 0) is 20.7 Å². The lowest BCUT2D eigenvalue weighted by Gasteiger charge is -2.29. The number of morpholine rings is 1. The molecule has 0 aliphatic carbocycles. The number of imide groups is 1. The Morgan fingerprint density at radius 1 is 1.04 bits per heavy atom. The molecular weight excluding hydrogens is 348 g/mol. The Labute approximate surface area is 156 Å². The van der Waals surface area contributed by atoms with E-state index in [2.05, 4.69) is 6.92 Å². The van der Waals surface area contributed by atoms with Gasteiger partial charge in [-0.05, 0) is 35.6 Å². The summed E-state index contributed by atoms with van der Waals surface area (Å²) in [6, 6.07) is 11.4. The number of amides is 2. The molecule has 26 heavy (non-hydrogen) atoms. The molecule has 2 aliphatic heterocycles. The summed E-state index contributed by atoms with van der Waals surface area (Å²) in [5, 5.41) is 1.93. The van der Waals surface area contributed by atoms with Crippen molar-refractivity contribution in [1.82, 2.24) is 4.90 Å². The van der Waals surface area contributed by atoms with Crippen LogP contribution < -0.4 is 4.90 Å². The van der Waals surface area contributed by atoms with Crippen LogP contribution in [0.5, 0.6) is 0 Å². The van der Waals surface area contributed by atoms with Crippen molar-refractivity contribution < 1.29 is 14.3 Å². The van der Waals surface area contributed by atoms with E-state index in [1.165, 1.54) is 21.8 Å². The topological polar surface area (TPSA) is 49.9 Å². The molecule has 1 aromatic heterocycles. The van der Waals surface area contributed by atoms with E-state index >= 15 is 0 Å². The minimum Gasteiger partial charge on any atom is -0.378 e. The van der Waals surface area contributed by atoms with Crippen LogP contribution in [0.2, 0.25) is 0 Å². The SMILES string of the molecule is CCc1ccc(N2C(=O)C(c3cccs3)=C(N3CCOCC3)C2=O)cc1. The summed E-state index contributed by atoms with van der Waals surface area (Å²) in [6.45, 7) is 4.44. The standard InChI is InChI=1S/C20H20N2O3S/c1-2-14-5-7-15(8-6-14)22-19(23)17(16-4-3-13-26-16)18(20(22)24)21-9-11-25-12-10-21/h3-8,13H,2,9-12H2,1H3. The van der Waals surface area contributed by atoms with Crippen molar-refractivity contribution in [3.8, 4) is 0 Å². The number of thiophene rings is 1. The van der Waals surface area contributed by atoms with Gasteiger partial charge in [-0.1, -0.05) is 25.1 Å². The van der Waals surface area contributed by atoms with Crippen LogP contribution in [-0.4, -0.2) is 43.0 Å². The zero-order valence-electron chi connectivity index (χ0n) is 14.6. The second-order valence-corrected chi connectivity index (χ2v) is 7.21. The number of anilines is 1. The van der Waals surface area contributed by atoms with Gasteiger partial charge in [0.15, 0.2) is 0 Å². The fourth-order valence-corrected chi connectivity index (χ4v) is 4.12. The first kappa shape index (κ1) is 17.0. The molecule has 0 N–H and O–H groups in total. The van der Waals surface area contributed by atoms with Crippen LogP contribution >= 0.6 is 11.3 Å². The van der Waals surface area contributed by atoms with Crippen molar-refractivity contribution in [1.29, 1.82) is 0 Å². The molecule has 5 nitrogen and oxygen atoms in total. The summed E-state index contributed by atoms with van der Waals surface area (Å²) >= 11 is 1.48. The largest absolute Gasteiger partial charge is 0.378 e. The molecule has 6 heteroatoms. The smallest absolute Gasteiger partial charge is 0.282 e. The van der Waals surface area contributed by atoms with E-state index in [1.54, 1.807) is 0 Å². The zero-order valence-corrected chi connectivity index (χ0v) is 15.4. The molecule has 1 aromatic carbocycles. The number of carbonyl (C=O) groups is 2. The van der Waals surface area contributed by atoms with E-state index in [0.29, 0.717) is 43.3 Å². The van der Waals surface area contributed by atoms with Crippen LogP contribution in [0.15, 0.2) is 47.5 Å². The molecule has 0 spiro atoms. The number of rotatable bonds is 4. The van der Waals surface area contributed by atoms with Crippen molar-refractivity contribution in [3.63, 3.8) is 0 Å². The number of benzene rings is 1. The number of hydrogen-bond donors (Lipinski definition) is 0. The molecule has 1 saturated heterocycles. The molecular formula is C20H20N2O3S. The fraction of sp³-hybridized carbons (Fsp3) is 0.300. The number of ether oxygens (including phenoxy) is 1. The lowest BCUT2D eigenvalue weighted by molar-refractivity contribution is -0.121. The summed E-state index contributed by atoms with van der Waals surface area (Å²) in [7, 11) is 0. The predicted octanol–water partition coefficient (Wildman–Crippen LogP) is 2.93. The maximum absolute atomic E-state index is 13.2. The molecule has 0 unspecified atom stereocenters. The lowest BCUT2D eigenvalue weighted by Crippen LogP contribution is -2.40. The third-order valence-electron chi connectivity index (χ3n) is 4.76. The summed E-state index contributed by atoms with van der Waals surface area (Å²) in [4.78, 5) is 30.6. The van der Waals surface area contributed by atoms with E-state index in [4.69, 9.17) is 4.74 Å². The molecule has 0 radical (unpaired) electrons. The Kier molecular flexibility index (Phi) is 4.61. The Morgan fingerprint density at radius 2 is 1.77 bits per heavy atom. The normalized spacial score (nSPS) is 18.2. The molecule has 4 rings (SSSR count). The summed E-state index contributed by atoms with van der Waals surface area (Å²) in [6.07, 6.45) is 0.917. The van der Waals surface area contributed by atoms with Gasteiger partial charge in [-0.2, -0.15) is 0 Å². The van der Waals surface area contributed by atoms with Gasteiger partial charge in [-0.25, -0.2) is 4.90 Å². The Balaban J connectivity index is 1.76. The lowest BCUT2D eigenvalue weighted by atomic mass is 10.1. The van der Waals surface area contributed by atoms with Gasteiger partial charge in [0.05, 0.1) is 24.5 Å². The van der Waals surface area contributed by atoms with Crippen molar-refractivity contribution in [2.24, 2.45) is 0 Å². The Morgan fingerprint density at radius 3 is 2.38 bits per heavy atom. The molecule has 0 atom stereocenters. The van der Waals surface area contributed by atoms with Crippen LogP contribution in [0.1, 0.15) is 17.4 Å². The van der Waals surface area contributed by atoms with Gasteiger partial charge in [0, 0.05) is 18.0 Å². The highest BCUT2D eigenvalue weighted by molar-refractivity contribution is 7.11. The number of carbonyl (C=O) groups excluding carboxylic acids is 2. The predicted molar refractivity (Wildman–Crippen MR) is 102 cm³/mol. The van der Waals surface area contributed by atoms with Gasteiger partial charge in [0.1, 0.15) is 5.70 Å². The average molecular weight is 368 g/mol. The minimum absolute atomic E-state index is 0.246. The first-order valence-corrected chi connectivity index (χ1v) is 9.67. The average Bonchev–Trinajstić information content (AvgIpc) is 3.29. The summed E-state index contributed by atoms with van der Waals surface area (Å²) in [5.74, 6) is -0.493. The summed E-state index contributed by atoms with van der Waals surface area (Å²) < 4.78 is 5.41. The molecule has 3 heterocycles. The fourth-order valence-electron chi connectivity index (χ4n) is 3.36. The van der Waals surface area contributed by atoms with Gasteiger partial charge in [-0.15, -0.1) is 11.3 Å². The highest BCUT2D eigenvalue weighted by Crippen LogP contribution is 2.36. The van der Waals surface area contributed by atoms with Crippen LogP contribution in [0.3, 0.4) is 0 Å². The van der Waals surface area contributed by atoms with E-state index < -0.39 is 0 Å². The van der Waals surface area contributed by atoms with Crippen molar-refractivity contribution in [2.75, 3.05) is 31.2 Å². The van der Waals surface area contributed by atoms with E-state index in [1.807, 2.05) is 46.7 Å². The second kappa shape index (κ2) is 7.05. The van der Waals surface area contributed by atoms with Gasteiger partial charge < -0.3 is 9.64 Å². The molecule has 134 valence electrons. The van der Waals surface area contributed by atoms with Crippen LogP contribution in [0.25, 0.3) is 5.57 Å². The van der Waals surface area contributed by atoms with Gasteiger partial charge in [-0.3, -0.25) is 9.59 Å². The first-order chi connectivity index (χ1) is 12.7. The molecule has 2 amide bonds. The van der Waals surface area contributed by atoms with E-state index in [9.17, 15) is 9.59 Å². The highest BCUT2D eigenvalue weighted by Gasteiger charge is 2.43. The zero-order chi connectivity index (χ0) is 18.1. The Hall–Kier alpha value is -2.44. The van der Waals surface area contributed by atoms with Gasteiger partial charge in [0.2, 0.25) is 0 Å². The highest BCUT2D eigenvalue weighted by atomic mass is 32.1. The molecule has 0 bridgehead atoms. The van der Waals surface area contributed by atoms with E-state index in [-0.39, 0.29) is 11.8 Å². The van der Waals surface area contributed by atoms with E-state index in [0.717, 1.165) is 11.3 Å². The van der Waals surface area contributed by atoms with Gasteiger partial charge in [0.25, 0.3) is 11.8 Å².